The number of nitrogens with zero attached hydrogens (tertiary/aromatic N) is 5. The van der Waals surface area contributed by atoms with E-state index in [1.54, 1.807) is 10.9 Å². The molecule has 2 aromatic heterocycles. The maximum absolute atomic E-state index is 8.88. The summed E-state index contributed by atoms with van der Waals surface area (Å²) < 4.78 is 3.73. The number of aromatic nitrogens is 5. The molecule has 7 heteroatoms. The van der Waals surface area contributed by atoms with Crippen LogP contribution in [0.25, 0.3) is 0 Å². The van der Waals surface area contributed by atoms with Crippen molar-refractivity contribution < 1.29 is 5.11 Å². The Hall–Kier alpha value is -1.73. The molecule has 21 heavy (non-hydrogen) atoms. The van der Waals surface area contributed by atoms with E-state index >= 15 is 0 Å². The number of hydrogen-bond acceptors (Lipinski definition) is 5. The molecule has 0 fully saturated rings. The maximum Gasteiger partial charge on any atom is 0.0964 e. The first kappa shape index (κ1) is 15.7. The summed E-state index contributed by atoms with van der Waals surface area (Å²) in [5.74, 6) is 0. The lowest BCUT2D eigenvalue weighted by atomic mass is 9.86. The molecular formula is C14H24N6O. The quantitative estimate of drug-likeness (QED) is 0.784. The standard InChI is InChI=1S/C14H24N6O/c1-14(2,3)13(10-19-5-4-15-11-19)16-8-12-9-20(6-7-21)18-17-12/h4-5,9,11,13,16,21H,6-8,10H2,1-3H3. The number of aliphatic hydroxyl groups excluding tert-OH is 1. The van der Waals surface area contributed by atoms with Crippen LogP contribution < -0.4 is 5.32 Å². The molecule has 2 N–H and O–H groups in total. The minimum atomic E-state index is 0.0709. The Morgan fingerprint density at radius 3 is 2.81 bits per heavy atom. The van der Waals surface area contributed by atoms with E-state index in [0.717, 1.165) is 12.2 Å². The topological polar surface area (TPSA) is 80.8 Å². The van der Waals surface area contributed by atoms with Crippen LogP contribution in [0.2, 0.25) is 0 Å². The number of hydrogen-bond donors (Lipinski definition) is 2. The Kier molecular flexibility index (Phi) is 5.08. The van der Waals surface area contributed by atoms with Crippen LogP contribution in [0.15, 0.2) is 24.9 Å². The molecular weight excluding hydrogens is 268 g/mol. The zero-order valence-corrected chi connectivity index (χ0v) is 12.9. The highest BCUT2D eigenvalue weighted by Crippen LogP contribution is 2.21. The third-order valence-electron chi connectivity index (χ3n) is 3.44. The van der Waals surface area contributed by atoms with Crippen molar-refractivity contribution in [2.75, 3.05) is 6.61 Å². The van der Waals surface area contributed by atoms with Crippen molar-refractivity contribution in [3.05, 3.63) is 30.6 Å². The van der Waals surface area contributed by atoms with Gasteiger partial charge in [-0.15, -0.1) is 5.10 Å². The maximum atomic E-state index is 8.88. The summed E-state index contributed by atoms with van der Waals surface area (Å²) in [7, 11) is 0. The van der Waals surface area contributed by atoms with E-state index in [2.05, 4.69) is 46.0 Å². The molecule has 0 aliphatic carbocycles. The van der Waals surface area contributed by atoms with Gasteiger partial charge in [-0.1, -0.05) is 26.0 Å². The normalized spacial score (nSPS) is 13.5. The minimum Gasteiger partial charge on any atom is -0.394 e. The molecule has 2 rings (SSSR count). The lowest BCUT2D eigenvalue weighted by Crippen LogP contribution is -2.43. The minimum absolute atomic E-state index is 0.0709. The third-order valence-corrected chi connectivity index (χ3v) is 3.44. The summed E-state index contributed by atoms with van der Waals surface area (Å²) in [4.78, 5) is 4.09. The van der Waals surface area contributed by atoms with E-state index < -0.39 is 0 Å². The van der Waals surface area contributed by atoms with Gasteiger partial charge >= 0.3 is 0 Å². The lowest BCUT2D eigenvalue weighted by molar-refractivity contribution is 0.239. The highest BCUT2D eigenvalue weighted by atomic mass is 16.3. The zero-order valence-electron chi connectivity index (χ0n) is 12.9. The Morgan fingerprint density at radius 2 is 2.19 bits per heavy atom. The second kappa shape index (κ2) is 6.82. The average Bonchev–Trinajstić information content (AvgIpc) is 3.05. The third kappa shape index (κ3) is 4.64. The van der Waals surface area contributed by atoms with Crippen molar-refractivity contribution in [2.45, 2.75) is 46.4 Å². The number of rotatable bonds is 7. The molecule has 0 bridgehead atoms. The fourth-order valence-corrected chi connectivity index (χ4v) is 2.11. The van der Waals surface area contributed by atoms with E-state index in [0.29, 0.717) is 13.1 Å². The van der Waals surface area contributed by atoms with Gasteiger partial charge in [0.15, 0.2) is 0 Å². The largest absolute Gasteiger partial charge is 0.394 e. The Bertz CT molecular complexity index is 528. The van der Waals surface area contributed by atoms with Crippen LogP contribution in [0.1, 0.15) is 26.5 Å². The number of aliphatic hydroxyl groups is 1. The molecule has 0 saturated heterocycles. The van der Waals surface area contributed by atoms with E-state index in [1.165, 1.54) is 0 Å². The summed E-state index contributed by atoms with van der Waals surface area (Å²) in [6.07, 6.45) is 7.45. The molecule has 0 aliphatic rings. The summed E-state index contributed by atoms with van der Waals surface area (Å²) in [6, 6.07) is 0.287. The molecule has 0 aromatic carbocycles. The fraction of sp³-hybridized carbons (Fsp3) is 0.643. The average molecular weight is 292 g/mol. The van der Waals surface area contributed by atoms with Gasteiger partial charge < -0.3 is 15.0 Å². The van der Waals surface area contributed by atoms with Crippen molar-refractivity contribution in [1.29, 1.82) is 0 Å². The molecule has 0 radical (unpaired) electrons. The van der Waals surface area contributed by atoms with Crippen LogP contribution in [0.4, 0.5) is 0 Å². The first-order valence-corrected chi connectivity index (χ1v) is 7.18. The highest BCUT2D eigenvalue weighted by Gasteiger charge is 2.24. The van der Waals surface area contributed by atoms with Crippen LogP contribution in [0, 0.1) is 5.41 Å². The van der Waals surface area contributed by atoms with Gasteiger partial charge in [0.25, 0.3) is 0 Å². The zero-order chi connectivity index (χ0) is 15.3. The summed E-state index contributed by atoms with van der Waals surface area (Å²) in [5.41, 5.74) is 0.995. The molecule has 0 aliphatic heterocycles. The van der Waals surface area contributed by atoms with Crippen molar-refractivity contribution >= 4 is 0 Å². The van der Waals surface area contributed by atoms with E-state index in [4.69, 9.17) is 5.11 Å². The van der Waals surface area contributed by atoms with Crippen molar-refractivity contribution in [3.8, 4) is 0 Å². The molecule has 2 aromatic rings. The predicted octanol–water partition coefficient (Wildman–Crippen LogP) is 0.671. The van der Waals surface area contributed by atoms with Crippen LogP contribution in [0.3, 0.4) is 0 Å². The molecule has 116 valence electrons. The molecule has 2 heterocycles. The monoisotopic (exact) mass is 292 g/mol. The molecule has 0 amide bonds. The van der Waals surface area contributed by atoms with Crippen molar-refractivity contribution in [2.24, 2.45) is 5.41 Å². The Balaban J connectivity index is 1.95. The molecule has 0 saturated carbocycles. The van der Waals surface area contributed by atoms with Gasteiger partial charge in [-0.2, -0.15) is 0 Å². The smallest absolute Gasteiger partial charge is 0.0964 e. The highest BCUT2D eigenvalue weighted by molar-refractivity contribution is 4.94. The Labute approximate surface area is 125 Å². The van der Waals surface area contributed by atoms with Crippen LogP contribution in [-0.2, 0) is 19.6 Å². The summed E-state index contributed by atoms with van der Waals surface area (Å²) in [6.45, 7) is 8.70. The van der Waals surface area contributed by atoms with Gasteiger partial charge in [0.1, 0.15) is 0 Å². The van der Waals surface area contributed by atoms with Gasteiger partial charge in [-0.25, -0.2) is 9.67 Å². The van der Waals surface area contributed by atoms with Gasteiger partial charge in [0, 0.05) is 37.7 Å². The SMILES string of the molecule is CC(C)(C)C(Cn1ccnc1)NCc1cn(CCO)nn1. The molecule has 0 spiro atoms. The first-order chi connectivity index (χ1) is 9.99. The second-order valence-electron chi connectivity index (χ2n) is 6.26. The van der Waals surface area contributed by atoms with Crippen molar-refractivity contribution in [1.82, 2.24) is 29.9 Å². The predicted molar refractivity (Wildman–Crippen MR) is 79.4 cm³/mol. The van der Waals surface area contributed by atoms with Gasteiger partial charge in [-0.05, 0) is 5.41 Å². The lowest BCUT2D eigenvalue weighted by Gasteiger charge is -2.31. The van der Waals surface area contributed by atoms with E-state index in [9.17, 15) is 0 Å². The molecule has 1 unspecified atom stereocenters. The van der Waals surface area contributed by atoms with Crippen molar-refractivity contribution in [3.63, 3.8) is 0 Å². The summed E-state index contributed by atoms with van der Waals surface area (Å²) >= 11 is 0. The number of imidazole rings is 1. The molecule has 7 nitrogen and oxygen atoms in total. The Morgan fingerprint density at radius 1 is 1.38 bits per heavy atom. The van der Waals surface area contributed by atoms with Gasteiger partial charge in [0.2, 0.25) is 0 Å². The van der Waals surface area contributed by atoms with E-state index in [1.807, 2.05) is 18.7 Å². The van der Waals surface area contributed by atoms with Crippen LogP contribution in [0.5, 0.6) is 0 Å². The number of nitrogens with one attached hydrogen (secondary N) is 1. The van der Waals surface area contributed by atoms with E-state index in [-0.39, 0.29) is 18.1 Å². The molecule has 1 atom stereocenters. The first-order valence-electron chi connectivity index (χ1n) is 7.18. The second-order valence-corrected chi connectivity index (χ2v) is 6.26. The van der Waals surface area contributed by atoms with Gasteiger partial charge in [0.05, 0.1) is 25.2 Å². The van der Waals surface area contributed by atoms with Gasteiger partial charge in [-0.3, -0.25) is 0 Å². The van der Waals surface area contributed by atoms with Crippen LogP contribution in [-0.4, -0.2) is 42.3 Å². The summed E-state index contributed by atoms with van der Waals surface area (Å²) in [5, 5.41) is 20.5. The fourth-order valence-electron chi connectivity index (χ4n) is 2.11. The van der Waals surface area contributed by atoms with Crippen LogP contribution >= 0.6 is 0 Å².